The van der Waals surface area contributed by atoms with E-state index in [0.717, 1.165) is 6.42 Å². The Morgan fingerprint density at radius 2 is 1.67 bits per heavy atom. The Balaban J connectivity index is 1.86. The smallest absolute Gasteiger partial charge is 0.0320 e. The van der Waals surface area contributed by atoms with Gasteiger partial charge >= 0.3 is 0 Å². The molecule has 1 radical (unpaired) electrons. The summed E-state index contributed by atoms with van der Waals surface area (Å²) < 4.78 is 0. The van der Waals surface area contributed by atoms with E-state index >= 15 is 0 Å². The molecule has 0 bridgehead atoms. The van der Waals surface area contributed by atoms with Gasteiger partial charge in [-0.15, -0.1) is 0 Å². The highest BCUT2D eigenvalue weighted by Crippen LogP contribution is 2.22. The molecule has 0 fully saturated rings. The highest BCUT2D eigenvalue weighted by molar-refractivity contribution is 5.04. The summed E-state index contributed by atoms with van der Waals surface area (Å²) in [6.07, 6.45) is 19.0. The van der Waals surface area contributed by atoms with Crippen LogP contribution in [0.4, 0.5) is 0 Å². The van der Waals surface area contributed by atoms with Gasteiger partial charge in [-0.3, -0.25) is 0 Å². The second-order valence-corrected chi connectivity index (χ2v) is 4.83. The van der Waals surface area contributed by atoms with Gasteiger partial charge in [0, 0.05) is 0 Å². The lowest BCUT2D eigenvalue weighted by atomic mass is 9.95. The Bertz CT molecular complexity index is 167. The van der Waals surface area contributed by atoms with Gasteiger partial charge in [0.1, 0.15) is 0 Å². The molecule has 0 nitrogen and oxygen atoms in total. The van der Waals surface area contributed by atoms with Crippen molar-refractivity contribution in [1.29, 1.82) is 0 Å². The van der Waals surface area contributed by atoms with Gasteiger partial charge in [-0.1, -0.05) is 57.1 Å². The average molecular weight is 207 g/mol. The first kappa shape index (κ1) is 12.8. The van der Waals surface area contributed by atoms with Crippen molar-refractivity contribution in [2.45, 2.75) is 77.0 Å². The third kappa shape index (κ3) is 6.76. The lowest BCUT2D eigenvalue weighted by molar-refractivity contribution is 0.582. The van der Waals surface area contributed by atoms with Gasteiger partial charge in [-0.25, -0.2) is 0 Å². The predicted octanol–water partition coefficient (Wildman–Crippen LogP) is 5.44. The molecule has 0 N–H and O–H groups in total. The molecule has 0 unspecified atom stereocenters. The van der Waals surface area contributed by atoms with Crippen LogP contribution >= 0.6 is 0 Å². The monoisotopic (exact) mass is 207 g/mol. The second-order valence-electron chi connectivity index (χ2n) is 4.83. The maximum absolute atomic E-state index is 3.87. The molecule has 0 heteroatoms. The largest absolute Gasteiger partial charge is 0.0853 e. The molecule has 0 aromatic rings. The zero-order valence-electron chi connectivity index (χ0n) is 10.3. The van der Waals surface area contributed by atoms with Crippen molar-refractivity contribution in [1.82, 2.24) is 0 Å². The summed E-state index contributed by atoms with van der Waals surface area (Å²) in [6.45, 7) is 3.87. The lowest BCUT2D eigenvalue weighted by Crippen LogP contribution is -1.92. The molecule has 0 aromatic heterocycles. The molecule has 1 aliphatic rings. The van der Waals surface area contributed by atoms with Gasteiger partial charge in [0.2, 0.25) is 0 Å². The molecule has 87 valence electrons. The van der Waals surface area contributed by atoms with E-state index in [1.54, 1.807) is 5.57 Å². The van der Waals surface area contributed by atoms with Crippen LogP contribution in [0.15, 0.2) is 11.6 Å². The van der Waals surface area contributed by atoms with Crippen LogP contribution in [-0.2, 0) is 0 Å². The van der Waals surface area contributed by atoms with Crippen molar-refractivity contribution in [2.24, 2.45) is 0 Å². The van der Waals surface area contributed by atoms with E-state index in [9.17, 15) is 0 Å². The van der Waals surface area contributed by atoms with Crippen molar-refractivity contribution in [3.05, 3.63) is 18.6 Å². The van der Waals surface area contributed by atoms with Crippen molar-refractivity contribution >= 4 is 0 Å². The zero-order chi connectivity index (χ0) is 10.8. The van der Waals surface area contributed by atoms with Gasteiger partial charge in [0.05, 0.1) is 0 Å². The van der Waals surface area contributed by atoms with Crippen LogP contribution in [0.5, 0.6) is 0 Å². The molecular weight excluding hydrogens is 180 g/mol. The number of hydrogen-bond acceptors (Lipinski definition) is 0. The SMILES string of the molecule is [CH2]CCCCCCCCC1=CCCCC1. The molecule has 1 aliphatic carbocycles. The van der Waals surface area contributed by atoms with Crippen LogP contribution in [0.3, 0.4) is 0 Å². The first-order valence-electron chi connectivity index (χ1n) is 6.90. The first-order valence-corrected chi connectivity index (χ1v) is 6.90. The van der Waals surface area contributed by atoms with E-state index in [4.69, 9.17) is 0 Å². The molecule has 0 amide bonds. The summed E-state index contributed by atoms with van der Waals surface area (Å²) in [6, 6.07) is 0. The fraction of sp³-hybridized carbons (Fsp3) is 0.800. The normalized spacial score (nSPS) is 16.5. The summed E-state index contributed by atoms with van der Waals surface area (Å²) >= 11 is 0. The minimum absolute atomic E-state index is 1.12. The van der Waals surface area contributed by atoms with Crippen LogP contribution in [0.2, 0.25) is 0 Å². The molecule has 0 spiro atoms. The molecule has 0 aliphatic heterocycles. The van der Waals surface area contributed by atoms with Crippen molar-refractivity contribution in [3.8, 4) is 0 Å². The van der Waals surface area contributed by atoms with Crippen molar-refractivity contribution in [2.75, 3.05) is 0 Å². The van der Waals surface area contributed by atoms with Gasteiger partial charge in [-0.2, -0.15) is 0 Å². The Hall–Kier alpha value is -0.260. The summed E-state index contributed by atoms with van der Waals surface area (Å²) in [7, 11) is 0. The first-order chi connectivity index (χ1) is 7.43. The Labute approximate surface area is 96.2 Å². The number of unbranched alkanes of at least 4 members (excludes halogenated alkanes) is 6. The Morgan fingerprint density at radius 3 is 2.33 bits per heavy atom. The molecule has 0 atom stereocenters. The Morgan fingerprint density at radius 1 is 0.933 bits per heavy atom. The van der Waals surface area contributed by atoms with Crippen molar-refractivity contribution in [3.63, 3.8) is 0 Å². The van der Waals surface area contributed by atoms with E-state index in [1.807, 2.05) is 0 Å². The van der Waals surface area contributed by atoms with Gasteiger partial charge in [0.25, 0.3) is 0 Å². The zero-order valence-corrected chi connectivity index (χ0v) is 10.3. The van der Waals surface area contributed by atoms with Crippen LogP contribution in [0.1, 0.15) is 77.0 Å². The quantitative estimate of drug-likeness (QED) is 0.367. The lowest BCUT2D eigenvalue weighted by Gasteiger charge is -2.12. The summed E-state index contributed by atoms with van der Waals surface area (Å²) in [5.41, 5.74) is 1.75. The highest BCUT2D eigenvalue weighted by Gasteiger charge is 2.02. The number of hydrogen-bond donors (Lipinski definition) is 0. The summed E-state index contributed by atoms with van der Waals surface area (Å²) in [5, 5.41) is 0. The van der Waals surface area contributed by atoms with Crippen LogP contribution in [-0.4, -0.2) is 0 Å². The molecule has 0 aromatic carbocycles. The molecule has 0 saturated carbocycles. The number of allylic oxidation sites excluding steroid dienone is 2. The van der Waals surface area contributed by atoms with E-state index < -0.39 is 0 Å². The fourth-order valence-corrected chi connectivity index (χ4v) is 2.37. The second kappa shape index (κ2) is 9.00. The molecule has 15 heavy (non-hydrogen) atoms. The molecule has 0 saturated heterocycles. The minimum atomic E-state index is 1.12. The summed E-state index contributed by atoms with van der Waals surface area (Å²) in [5.74, 6) is 0. The van der Waals surface area contributed by atoms with Gasteiger partial charge in [0.15, 0.2) is 0 Å². The van der Waals surface area contributed by atoms with E-state index in [0.29, 0.717) is 0 Å². The topological polar surface area (TPSA) is 0 Å². The van der Waals surface area contributed by atoms with Gasteiger partial charge < -0.3 is 0 Å². The van der Waals surface area contributed by atoms with Crippen LogP contribution in [0, 0.1) is 6.92 Å². The third-order valence-electron chi connectivity index (χ3n) is 3.38. The molecular formula is C15H27. The van der Waals surface area contributed by atoms with Crippen LogP contribution in [0.25, 0.3) is 0 Å². The summed E-state index contributed by atoms with van der Waals surface area (Å²) in [4.78, 5) is 0. The Kier molecular flexibility index (Phi) is 7.69. The maximum Gasteiger partial charge on any atom is -0.0320 e. The average Bonchev–Trinajstić information content (AvgIpc) is 2.29. The predicted molar refractivity (Wildman–Crippen MR) is 68.8 cm³/mol. The fourth-order valence-electron chi connectivity index (χ4n) is 2.37. The molecule has 1 rings (SSSR count). The van der Waals surface area contributed by atoms with E-state index in [-0.39, 0.29) is 0 Å². The van der Waals surface area contributed by atoms with E-state index in [2.05, 4.69) is 13.0 Å². The molecule has 0 heterocycles. The van der Waals surface area contributed by atoms with Crippen molar-refractivity contribution < 1.29 is 0 Å². The number of rotatable bonds is 8. The highest BCUT2D eigenvalue weighted by atomic mass is 14.1. The third-order valence-corrected chi connectivity index (χ3v) is 3.38. The minimum Gasteiger partial charge on any atom is -0.0853 e. The maximum atomic E-state index is 3.87. The van der Waals surface area contributed by atoms with Crippen LogP contribution < -0.4 is 0 Å². The van der Waals surface area contributed by atoms with Gasteiger partial charge in [-0.05, 0) is 38.5 Å². The van der Waals surface area contributed by atoms with E-state index in [1.165, 1.54) is 70.6 Å². The standard InChI is InChI=1S/C15H27/c1-2-3-4-5-6-7-9-12-15-13-10-8-11-14-15/h13H,1-12,14H2.